The smallest absolute Gasteiger partial charge is 0.127 e. The maximum absolute atomic E-state index is 10.3. The molecule has 0 aromatic rings. The summed E-state index contributed by atoms with van der Waals surface area (Å²) in [5.74, 6) is -1.08. The Morgan fingerprint density at radius 1 is 1.82 bits per heavy atom. The van der Waals surface area contributed by atoms with Gasteiger partial charge in [-0.15, -0.1) is 0 Å². The molecular formula is C7H13NO3. The van der Waals surface area contributed by atoms with E-state index in [1.165, 1.54) is 0 Å². The van der Waals surface area contributed by atoms with Crippen molar-refractivity contribution in [3.8, 4) is 0 Å². The van der Waals surface area contributed by atoms with E-state index in [0.717, 1.165) is 19.4 Å². The molecular weight excluding hydrogens is 146 g/mol. The second-order valence-corrected chi connectivity index (χ2v) is 2.89. The minimum Gasteiger partial charge on any atom is -0.544 e. The van der Waals surface area contributed by atoms with Gasteiger partial charge in [0.05, 0.1) is 12.1 Å². The molecule has 0 spiro atoms. The quantitative estimate of drug-likeness (QED) is 0.513. The van der Waals surface area contributed by atoms with Crippen molar-refractivity contribution in [3.05, 3.63) is 0 Å². The Kier molecular flexibility index (Phi) is 2.84. The Balaban J connectivity index is 2.23. The maximum Gasteiger partial charge on any atom is 0.127 e. The molecule has 3 N–H and O–H groups in total. The van der Waals surface area contributed by atoms with E-state index in [4.69, 9.17) is 4.74 Å². The SMILES string of the molecule is [NH3+][C@@H](C[C@@H]1CCCO1)C(=O)[O-]. The van der Waals surface area contributed by atoms with Crippen LogP contribution < -0.4 is 10.8 Å². The van der Waals surface area contributed by atoms with Gasteiger partial charge in [0.25, 0.3) is 0 Å². The van der Waals surface area contributed by atoms with Gasteiger partial charge in [0, 0.05) is 13.0 Å². The Labute approximate surface area is 65.3 Å². The van der Waals surface area contributed by atoms with Gasteiger partial charge >= 0.3 is 0 Å². The molecule has 0 radical (unpaired) electrons. The Morgan fingerprint density at radius 2 is 2.55 bits per heavy atom. The van der Waals surface area contributed by atoms with Crippen LogP contribution in [0, 0.1) is 0 Å². The van der Waals surface area contributed by atoms with E-state index in [1.54, 1.807) is 0 Å². The summed E-state index contributed by atoms with van der Waals surface area (Å²) in [5.41, 5.74) is 3.46. The Hall–Kier alpha value is -0.610. The van der Waals surface area contributed by atoms with Crippen LogP contribution in [0.5, 0.6) is 0 Å². The molecule has 0 aromatic heterocycles. The molecule has 0 aliphatic carbocycles. The average molecular weight is 159 g/mol. The highest BCUT2D eigenvalue weighted by molar-refractivity contribution is 5.69. The van der Waals surface area contributed by atoms with Crippen LogP contribution >= 0.6 is 0 Å². The fourth-order valence-electron chi connectivity index (χ4n) is 1.24. The van der Waals surface area contributed by atoms with Crippen LogP contribution in [0.3, 0.4) is 0 Å². The molecule has 4 nitrogen and oxygen atoms in total. The van der Waals surface area contributed by atoms with Gasteiger partial charge < -0.3 is 20.4 Å². The lowest BCUT2D eigenvalue weighted by Gasteiger charge is -2.13. The molecule has 2 atom stereocenters. The molecule has 1 aliphatic heterocycles. The van der Waals surface area contributed by atoms with E-state index >= 15 is 0 Å². The third-order valence-corrected chi connectivity index (χ3v) is 1.90. The van der Waals surface area contributed by atoms with Gasteiger partial charge in [-0.05, 0) is 12.8 Å². The number of quaternary nitrogens is 1. The van der Waals surface area contributed by atoms with Crippen molar-refractivity contribution < 1.29 is 20.4 Å². The largest absolute Gasteiger partial charge is 0.544 e. The van der Waals surface area contributed by atoms with Crippen LogP contribution in [-0.4, -0.2) is 24.7 Å². The molecule has 0 saturated carbocycles. The number of rotatable bonds is 3. The van der Waals surface area contributed by atoms with Crippen LogP contribution in [0.25, 0.3) is 0 Å². The summed E-state index contributed by atoms with van der Waals surface area (Å²) in [6.45, 7) is 0.754. The minimum atomic E-state index is -1.08. The maximum atomic E-state index is 10.3. The fraction of sp³-hybridized carbons (Fsp3) is 0.857. The van der Waals surface area contributed by atoms with Gasteiger partial charge in [-0.2, -0.15) is 0 Å². The Morgan fingerprint density at radius 3 is 3.00 bits per heavy atom. The lowest BCUT2D eigenvalue weighted by Crippen LogP contribution is -2.69. The summed E-state index contributed by atoms with van der Waals surface area (Å²) < 4.78 is 5.24. The number of carbonyl (C=O) groups is 1. The summed E-state index contributed by atoms with van der Waals surface area (Å²) in [6.07, 6.45) is 2.57. The Bertz CT molecular complexity index is 143. The third-order valence-electron chi connectivity index (χ3n) is 1.90. The van der Waals surface area contributed by atoms with Gasteiger partial charge in [-0.25, -0.2) is 0 Å². The van der Waals surface area contributed by atoms with Crippen LogP contribution in [0.1, 0.15) is 19.3 Å². The summed E-state index contributed by atoms with van der Waals surface area (Å²) in [6, 6.07) is -0.627. The number of carbonyl (C=O) groups excluding carboxylic acids is 1. The van der Waals surface area contributed by atoms with Crippen molar-refractivity contribution in [2.24, 2.45) is 0 Å². The molecule has 11 heavy (non-hydrogen) atoms. The number of ether oxygens (including phenoxy) is 1. The normalized spacial score (nSPS) is 26.8. The zero-order valence-corrected chi connectivity index (χ0v) is 6.41. The van der Waals surface area contributed by atoms with E-state index < -0.39 is 12.0 Å². The van der Waals surface area contributed by atoms with Crippen LogP contribution in [0.4, 0.5) is 0 Å². The molecule has 1 aliphatic rings. The van der Waals surface area contributed by atoms with E-state index in [9.17, 15) is 9.90 Å². The van der Waals surface area contributed by atoms with Crippen molar-refractivity contribution in [3.63, 3.8) is 0 Å². The van der Waals surface area contributed by atoms with Gasteiger partial charge in [0.15, 0.2) is 0 Å². The second kappa shape index (κ2) is 3.69. The molecule has 1 fully saturated rings. The number of hydrogen-bond acceptors (Lipinski definition) is 3. The number of carboxylic acids is 1. The fourth-order valence-corrected chi connectivity index (χ4v) is 1.24. The summed E-state index contributed by atoms with van der Waals surface area (Å²) in [5, 5.41) is 10.3. The summed E-state index contributed by atoms with van der Waals surface area (Å²) in [4.78, 5) is 10.3. The zero-order valence-electron chi connectivity index (χ0n) is 6.41. The van der Waals surface area contributed by atoms with Gasteiger partial charge in [-0.3, -0.25) is 0 Å². The lowest BCUT2D eigenvalue weighted by molar-refractivity contribution is -0.440. The zero-order chi connectivity index (χ0) is 8.27. The first kappa shape index (κ1) is 8.49. The molecule has 0 amide bonds. The van der Waals surface area contributed by atoms with Crippen LogP contribution in [0.2, 0.25) is 0 Å². The van der Waals surface area contributed by atoms with Gasteiger partial charge in [0.1, 0.15) is 6.04 Å². The van der Waals surface area contributed by atoms with Crippen LogP contribution in [-0.2, 0) is 9.53 Å². The summed E-state index contributed by atoms with van der Waals surface area (Å²) >= 11 is 0. The number of hydrogen-bond donors (Lipinski definition) is 1. The first-order valence-electron chi connectivity index (χ1n) is 3.85. The molecule has 1 saturated heterocycles. The molecule has 1 heterocycles. The molecule has 0 bridgehead atoms. The molecule has 0 unspecified atom stereocenters. The molecule has 64 valence electrons. The first-order valence-corrected chi connectivity index (χ1v) is 3.85. The monoisotopic (exact) mass is 159 g/mol. The molecule has 0 aromatic carbocycles. The topological polar surface area (TPSA) is 77.0 Å². The summed E-state index contributed by atoms with van der Waals surface area (Å²) in [7, 11) is 0. The third kappa shape index (κ3) is 2.48. The van der Waals surface area contributed by atoms with Crippen molar-refractivity contribution in [1.29, 1.82) is 0 Å². The highest BCUT2D eigenvalue weighted by atomic mass is 16.5. The molecule has 1 rings (SSSR count). The van der Waals surface area contributed by atoms with E-state index in [1.807, 2.05) is 0 Å². The number of aliphatic carboxylic acids is 1. The van der Waals surface area contributed by atoms with E-state index in [2.05, 4.69) is 5.73 Å². The van der Waals surface area contributed by atoms with Crippen molar-refractivity contribution in [1.82, 2.24) is 0 Å². The number of carboxylic acid groups (broad SMARTS) is 1. The highest BCUT2D eigenvalue weighted by Crippen LogP contribution is 2.15. The predicted octanol–water partition coefficient (Wildman–Crippen LogP) is -2.08. The van der Waals surface area contributed by atoms with Crippen molar-refractivity contribution in [2.75, 3.05) is 6.61 Å². The molecule has 4 heteroatoms. The van der Waals surface area contributed by atoms with E-state index in [-0.39, 0.29) is 6.10 Å². The minimum absolute atomic E-state index is 0.0930. The van der Waals surface area contributed by atoms with Crippen molar-refractivity contribution >= 4 is 5.97 Å². The van der Waals surface area contributed by atoms with E-state index in [0.29, 0.717) is 6.42 Å². The highest BCUT2D eigenvalue weighted by Gasteiger charge is 2.20. The average Bonchev–Trinajstić information content (AvgIpc) is 2.39. The van der Waals surface area contributed by atoms with Crippen LogP contribution in [0.15, 0.2) is 0 Å². The van der Waals surface area contributed by atoms with Gasteiger partial charge in [0.2, 0.25) is 0 Å². The predicted molar refractivity (Wildman–Crippen MR) is 35.3 cm³/mol. The first-order chi connectivity index (χ1) is 5.20. The lowest BCUT2D eigenvalue weighted by atomic mass is 10.1. The second-order valence-electron chi connectivity index (χ2n) is 2.89. The standard InChI is InChI=1S/C7H13NO3/c8-6(7(9)10)4-5-2-1-3-11-5/h5-6H,1-4,8H2,(H,9,10)/t5-,6-/m0/s1. The van der Waals surface area contributed by atoms with Crippen molar-refractivity contribution in [2.45, 2.75) is 31.4 Å². The van der Waals surface area contributed by atoms with Gasteiger partial charge in [-0.1, -0.05) is 0 Å².